The molecular formula is C29H17N5O. The van der Waals surface area contributed by atoms with Crippen molar-refractivity contribution < 1.29 is 0 Å². The minimum Gasteiger partial charge on any atom is -0.369 e. The Balaban J connectivity index is 1.69. The highest BCUT2D eigenvalue weighted by Gasteiger charge is 2.22. The summed E-state index contributed by atoms with van der Waals surface area (Å²) in [6, 6.07) is 27.8. The molecule has 0 saturated heterocycles. The standard InChI is InChI=1S/C29H17N5O/c30-29-33-27-25(28(35)34-29)31-26(32-27)23-19-10-4-3-9-18(19)22-17-8-2-1-7-15(17)16-11-5-6-14-12-13-20(23)24(22)21(14)16/h1-13H,(H4,30,31,32,33,34,35). The number of nitrogens with zero attached hydrogens (tertiary/aromatic N) is 2. The van der Waals surface area contributed by atoms with Gasteiger partial charge in [0, 0.05) is 5.56 Å². The van der Waals surface area contributed by atoms with Gasteiger partial charge >= 0.3 is 0 Å². The summed E-state index contributed by atoms with van der Waals surface area (Å²) in [6.45, 7) is 0. The van der Waals surface area contributed by atoms with E-state index in [1.54, 1.807) is 0 Å². The number of aromatic nitrogens is 4. The van der Waals surface area contributed by atoms with Crippen molar-refractivity contribution in [2.45, 2.75) is 0 Å². The molecule has 0 radical (unpaired) electrons. The van der Waals surface area contributed by atoms with Gasteiger partial charge in [-0.25, -0.2) is 4.98 Å². The fourth-order valence-corrected chi connectivity index (χ4v) is 5.78. The van der Waals surface area contributed by atoms with Crippen LogP contribution in [0.4, 0.5) is 5.95 Å². The van der Waals surface area contributed by atoms with Crippen molar-refractivity contribution in [2.75, 3.05) is 5.73 Å². The molecule has 0 unspecified atom stereocenters. The van der Waals surface area contributed by atoms with Gasteiger partial charge < -0.3 is 10.7 Å². The molecule has 0 aliphatic heterocycles. The zero-order chi connectivity index (χ0) is 23.3. The summed E-state index contributed by atoms with van der Waals surface area (Å²) in [5.74, 6) is 0.648. The van der Waals surface area contributed by atoms with Gasteiger partial charge in [-0.3, -0.25) is 9.78 Å². The van der Waals surface area contributed by atoms with Crippen LogP contribution in [0.25, 0.3) is 76.4 Å². The topological polar surface area (TPSA) is 100 Å². The molecule has 2 aromatic heterocycles. The quantitative estimate of drug-likeness (QED) is 0.207. The number of anilines is 1. The zero-order valence-corrected chi connectivity index (χ0v) is 18.4. The maximum Gasteiger partial charge on any atom is 0.278 e. The van der Waals surface area contributed by atoms with Crippen LogP contribution in [0, 0.1) is 0 Å². The van der Waals surface area contributed by atoms with Crippen molar-refractivity contribution >= 4 is 71.0 Å². The van der Waals surface area contributed by atoms with Gasteiger partial charge in [0.25, 0.3) is 5.56 Å². The van der Waals surface area contributed by atoms with Crippen LogP contribution < -0.4 is 11.3 Å². The number of benzene rings is 6. The summed E-state index contributed by atoms with van der Waals surface area (Å²) in [6.07, 6.45) is 0. The van der Waals surface area contributed by atoms with Crippen LogP contribution in [0.5, 0.6) is 0 Å². The molecule has 0 bridgehead atoms. The van der Waals surface area contributed by atoms with Gasteiger partial charge in [0.2, 0.25) is 5.95 Å². The van der Waals surface area contributed by atoms with Gasteiger partial charge in [0.15, 0.2) is 11.2 Å². The van der Waals surface area contributed by atoms with Crippen LogP contribution in [0.2, 0.25) is 0 Å². The third kappa shape index (κ3) is 2.30. The zero-order valence-electron chi connectivity index (χ0n) is 18.4. The third-order valence-corrected chi connectivity index (χ3v) is 7.13. The Kier molecular flexibility index (Phi) is 3.34. The molecule has 0 aliphatic rings. The van der Waals surface area contributed by atoms with Crippen molar-refractivity contribution in [3.63, 3.8) is 0 Å². The van der Waals surface area contributed by atoms with Crippen molar-refractivity contribution in [1.82, 2.24) is 19.9 Å². The van der Waals surface area contributed by atoms with E-state index in [0.717, 1.165) is 21.7 Å². The Morgan fingerprint density at radius 2 is 1.29 bits per heavy atom. The molecule has 0 atom stereocenters. The lowest BCUT2D eigenvalue weighted by Gasteiger charge is -2.19. The van der Waals surface area contributed by atoms with Crippen LogP contribution in [-0.2, 0) is 0 Å². The second-order valence-corrected chi connectivity index (χ2v) is 8.97. The van der Waals surface area contributed by atoms with E-state index < -0.39 is 0 Å². The second kappa shape index (κ2) is 6.33. The summed E-state index contributed by atoms with van der Waals surface area (Å²) < 4.78 is 0. The molecule has 6 nitrogen and oxygen atoms in total. The maximum atomic E-state index is 12.5. The van der Waals surface area contributed by atoms with Crippen molar-refractivity contribution in [2.24, 2.45) is 0 Å². The van der Waals surface area contributed by atoms with Gasteiger partial charge in [-0.05, 0) is 53.9 Å². The molecule has 4 N–H and O–H groups in total. The van der Waals surface area contributed by atoms with Crippen LogP contribution in [0.1, 0.15) is 0 Å². The largest absolute Gasteiger partial charge is 0.369 e. The molecule has 0 amide bonds. The molecule has 164 valence electrons. The molecule has 8 rings (SSSR count). The lowest BCUT2D eigenvalue weighted by atomic mass is 9.84. The predicted molar refractivity (Wildman–Crippen MR) is 143 cm³/mol. The number of hydrogen-bond acceptors (Lipinski definition) is 4. The Morgan fingerprint density at radius 1 is 0.600 bits per heavy atom. The van der Waals surface area contributed by atoms with Crippen LogP contribution in [0.3, 0.4) is 0 Å². The molecule has 6 aromatic carbocycles. The maximum absolute atomic E-state index is 12.5. The summed E-state index contributed by atoms with van der Waals surface area (Å²) in [7, 11) is 0. The Morgan fingerprint density at radius 3 is 2.11 bits per heavy atom. The second-order valence-electron chi connectivity index (χ2n) is 8.97. The van der Waals surface area contributed by atoms with Gasteiger partial charge in [-0.2, -0.15) is 4.98 Å². The highest BCUT2D eigenvalue weighted by molar-refractivity contribution is 6.41. The Hall–Kier alpha value is -4.97. The molecule has 0 fully saturated rings. The highest BCUT2D eigenvalue weighted by atomic mass is 16.1. The van der Waals surface area contributed by atoms with E-state index in [9.17, 15) is 4.79 Å². The van der Waals surface area contributed by atoms with Crippen molar-refractivity contribution in [3.8, 4) is 11.4 Å². The first-order chi connectivity index (χ1) is 17.2. The number of hydrogen-bond donors (Lipinski definition) is 3. The van der Waals surface area contributed by atoms with E-state index in [0.29, 0.717) is 17.0 Å². The van der Waals surface area contributed by atoms with Gasteiger partial charge in [-0.1, -0.05) is 78.9 Å². The number of nitrogen functional groups attached to an aromatic ring is 1. The predicted octanol–water partition coefficient (Wildman–Crippen LogP) is 6.10. The van der Waals surface area contributed by atoms with Gasteiger partial charge in [0.05, 0.1) is 0 Å². The lowest BCUT2D eigenvalue weighted by molar-refractivity contribution is 1.17. The molecule has 8 aromatic rings. The molecule has 6 heteroatoms. The normalized spacial score (nSPS) is 12.2. The third-order valence-electron chi connectivity index (χ3n) is 7.13. The average Bonchev–Trinajstić information content (AvgIpc) is 3.31. The van der Waals surface area contributed by atoms with E-state index >= 15 is 0 Å². The number of imidazole rings is 1. The molecule has 0 aliphatic carbocycles. The fraction of sp³-hybridized carbons (Fsp3) is 0. The minimum atomic E-state index is -0.334. The molecule has 0 saturated carbocycles. The van der Waals surface area contributed by atoms with E-state index in [1.165, 1.54) is 37.7 Å². The smallest absolute Gasteiger partial charge is 0.278 e. The SMILES string of the molecule is Nc1nc2nc(-c3c4ccccc4c4c5ccccc5c5cccc6ccc3c4c65)[nH]c2c(=O)[nH]1. The molecular weight excluding hydrogens is 434 g/mol. The van der Waals surface area contributed by atoms with E-state index in [-0.39, 0.29) is 11.5 Å². The summed E-state index contributed by atoms with van der Waals surface area (Å²) in [5.41, 5.74) is 7.02. The number of rotatable bonds is 1. The van der Waals surface area contributed by atoms with Crippen molar-refractivity contribution in [3.05, 3.63) is 89.2 Å². The monoisotopic (exact) mass is 451 g/mol. The number of H-pyrrole nitrogens is 2. The highest BCUT2D eigenvalue weighted by Crippen LogP contribution is 2.47. The number of aromatic amines is 2. The van der Waals surface area contributed by atoms with Crippen LogP contribution >= 0.6 is 0 Å². The Labute approximate surface area is 197 Å². The number of nitrogens with one attached hydrogen (secondary N) is 2. The van der Waals surface area contributed by atoms with E-state index in [2.05, 4.69) is 87.7 Å². The first kappa shape index (κ1) is 18.5. The van der Waals surface area contributed by atoms with Gasteiger partial charge in [0.1, 0.15) is 5.82 Å². The van der Waals surface area contributed by atoms with Crippen molar-refractivity contribution in [1.29, 1.82) is 0 Å². The van der Waals surface area contributed by atoms with Crippen LogP contribution in [0.15, 0.2) is 83.7 Å². The van der Waals surface area contributed by atoms with Gasteiger partial charge in [-0.15, -0.1) is 0 Å². The van der Waals surface area contributed by atoms with E-state index in [1.807, 2.05) is 6.07 Å². The minimum absolute atomic E-state index is 0.0484. The van der Waals surface area contributed by atoms with Crippen LogP contribution in [-0.4, -0.2) is 19.9 Å². The average molecular weight is 451 g/mol. The molecule has 35 heavy (non-hydrogen) atoms. The first-order valence-electron chi connectivity index (χ1n) is 11.4. The Bertz CT molecular complexity index is 2210. The summed E-state index contributed by atoms with van der Waals surface area (Å²) >= 11 is 0. The fourth-order valence-electron chi connectivity index (χ4n) is 5.78. The number of nitrogens with two attached hydrogens (primary N) is 1. The first-order valence-corrected chi connectivity index (χ1v) is 11.4. The van der Waals surface area contributed by atoms with E-state index in [4.69, 9.17) is 10.7 Å². The molecule has 2 heterocycles. The lowest BCUT2D eigenvalue weighted by Crippen LogP contribution is -2.10. The summed E-state index contributed by atoms with van der Waals surface area (Å²) in [5, 5.41) is 11.9. The summed E-state index contributed by atoms with van der Waals surface area (Å²) in [4.78, 5) is 27.3. The number of fused-ring (bicyclic) bond motifs is 6. The molecule has 0 spiro atoms.